The van der Waals surface area contributed by atoms with Crippen molar-refractivity contribution >= 4 is 46.3 Å². The zero-order valence-corrected chi connectivity index (χ0v) is 17.9. The summed E-state index contributed by atoms with van der Waals surface area (Å²) in [5.74, 6) is 1.26. The number of fused-ring (bicyclic) bond motifs is 1. The minimum atomic E-state index is -0.127. The van der Waals surface area contributed by atoms with E-state index in [9.17, 15) is 4.79 Å². The van der Waals surface area contributed by atoms with Crippen LogP contribution >= 0.6 is 12.4 Å². The molecular formula is C23H22ClN5O2. The average molecular weight is 436 g/mol. The number of nitrogens with zero attached hydrogens (tertiary/aromatic N) is 3. The van der Waals surface area contributed by atoms with E-state index in [-0.39, 0.29) is 18.3 Å². The number of carbonyl (C=O) groups excluding carboxylic acids is 1. The lowest BCUT2D eigenvalue weighted by molar-refractivity contribution is -0.114. The van der Waals surface area contributed by atoms with Gasteiger partial charge in [0.2, 0.25) is 5.91 Å². The Bertz CT molecular complexity index is 1180. The monoisotopic (exact) mass is 435 g/mol. The molecule has 4 rings (SSSR count). The first kappa shape index (κ1) is 22.0. The van der Waals surface area contributed by atoms with Crippen LogP contribution < -0.4 is 15.4 Å². The molecule has 158 valence electrons. The quantitative estimate of drug-likeness (QED) is 0.454. The van der Waals surface area contributed by atoms with Crippen molar-refractivity contribution in [1.82, 2.24) is 15.2 Å². The van der Waals surface area contributed by atoms with E-state index >= 15 is 0 Å². The fourth-order valence-corrected chi connectivity index (χ4v) is 3.22. The van der Waals surface area contributed by atoms with Gasteiger partial charge in [0.25, 0.3) is 0 Å². The predicted octanol–water partition coefficient (Wildman–Crippen LogP) is 4.75. The van der Waals surface area contributed by atoms with Crippen LogP contribution in [0.2, 0.25) is 0 Å². The number of nitrogens with one attached hydrogen (secondary N) is 2. The Morgan fingerprint density at radius 2 is 1.65 bits per heavy atom. The van der Waals surface area contributed by atoms with Crippen molar-refractivity contribution in [3.05, 3.63) is 78.2 Å². The third-order valence-electron chi connectivity index (χ3n) is 4.65. The molecule has 2 aromatic heterocycles. The van der Waals surface area contributed by atoms with E-state index in [0.717, 1.165) is 33.5 Å². The summed E-state index contributed by atoms with van der Waals surface area (Å²) in [5.41, 5.74) is 3.52. The Labute approximate surface area is 186 Å². The molecule has 0 aliphatic rings. The van der Waals surface area contributed by atoms with Crippen LogP contribution in [-0.2, 0) is 11.2 Å². The van der Waals surface area contributed by atoms with Crippen molar-refractivity contribution in [2.24, 2.45) is 0 Å². The minimum Gasteiger partial charge on any atom is -0.497 e. The van der Waals surface area contributed by atoms with Gasteiger partial charge in [-0.25, -0.2) is 0 Å². The number of hydrogen-bond donors (Lipinski definition) is 2. The normalized spacial score (nSPS) is 10.3. The first-order valence-corrected chi connectivity index (χ1v) is 9.49. The summed E-state index contributed by atoms with van der Waals surface area (Å²) in [6, 6.07) is 17.2. The van der Waals surface area contributed by atoms with E-state index in [0.29, 0.717) is 17.9 Å². The maximum atomic E-state index is 11.5. The number of aromatic nitrogens is 3. The molecular weight excluding hydrogens is 414 g/mol. The van der Waals surface area contributed by atoms with E-state index < -0.39 is 0 Å². The zero-order valence-electron chi connectivity index (χ0n) is 17.1. The predicted molar refractivity (Wildman–Crippen MR) is 124 cm³/mol. The lowest BCUT2D eigenvalue weighted by atomic mass is 10.0. The van der Waals surface area contributed by atoms with Gasteiger partial charge in [0, 0.05) is 47.9 Å². The highest BCUT2D eigenvalue weighted by molar-refractivity contribution is 5.99. The molecule has 0 saturated carbocycles. The number of pyridine rings is 1. The lowest BCUT2D eigenvalue weighted by Crippen LogP contribution is -2.07. The first-order valence-electron chi connectivity index (χ1n) is 9.49. The van der Waals surface area contributed by atoms with E-state index in [1.807, 2.05) is 54.6 Å². The summed E-state index contributed by atoms with van der Waals surface area (Å²) >= 11 is 0. The Hall–Kier alpha value is -3.71. The van der Waals surface area contributed by atoms with Gasteiger partial charge in [-0.1, -0.05) is 6.07 Å². The van der Waals surface area contributed by atoms with Crippen molar-refractivity contribution in [2.75, 3.05) is 17.7 Å². The maximum Gasteiger partial charge on any atom is 0.221 e. The highest BCUT2D eigenvalue weighted by atomic mass is 35.5. The van der Waals surface area contributed by atoms with Crippen LogP contribution in [-0.4, -0.2) is 28.2 Å². The third-order valence-corrected chi connectivity index (χ3v) is 4.65. The molecule has 0 atom stereocenters. The molecule has 2 N–H and O–H groups in total. The summed E-state index contributed by atoms with van der Waals surface area (Å²) in [5, 5.41) is 16.9. The largest absolute Gasteiger partial charge is 0.497 e. The number of hydrogen-bond acceptors (Lipinski definition) is 6. The van der Waals surface area contributed by atoms with Gasteiger partial charge >= 0.3 is 0 Å². The van der Waals surface area contributed by atoms with Crippen LogP contribution in [0.25, 0.3) is 10.8 Å². The number of methoxy groups -OCH3 is 1. The Kier molecular flexibility index (Phi) is 6.99. The smallest absolute Gasteiger partial charge is 0.221 e. The molecule has 0 saturated heterocycles. The highest BCUT2D eigenvalue weighted by Crippen LogP contribution is 2.30. The highest BCUT2D eigenvalue weighted by Gasteiger charge is 2.12. The molecule has 0 unspecified atom stereocenters. The second-order valence-corrected chi connectivity index (χ2v) is 6.82. The van der Waals surface area contributed by atoms with Crippen molar-refractivity contribution in [1.29, 1.82) is 0 Å². The SMILES string of the molecule is COc1ccc(Nc2nnc(Cc3ccncc3)c3ccc(NC(C)=O)cc23)cc1.Cl. The van der Waals surface area contributed by atoms with Gasteiger partial charge in [0.15, 0.2) is 5.82 Å². The maximum absolute atomic E-state index is 11.5. The summed E-state index contributed by atoms with van der Waals surface area (Å²) in [6.45, 7) is 1.49. The van der Waals surface area contributed by atoms with Crippen molar-refractivity contribution in [3.8, 4) is 5.75 Å². The molecule has 8 heteroatoms. The molecule has 0 aliphatic heterocycles. The van der Waals surface area contributed by atoms with Crippen LogP contribution in [0.3, 0.4) is 0 Å². The molecule has 31 heavy (non-hydrogen) atoms. The third kappa shape index (κ3) is 5.26. The van der Waals surface area contributed by atoms with Crippen LogP contribution in [0.5, 0.6) is 5.75 Å². The number of ether oxygens (including phenoxy) is 1. The first-order chi connectivity index (χ1) is 14.6. The topological polar surface area (TPSA) is 89.0 Å². The number of carbonyl (C=O) groups is 1. The number of anilines is 3. The van der Waals surface area contributed by atoms with Crippen LogP contribution in [0.15, 0.2) is 67.0 Å². The molecule has 0 fully saturated rings. The molecule has 4 aromatic rings. The standard InChI is InChI=1S/C23H21N5O2.ClH/c1-15(29)25-18-5-8-20-21(14-18)23(26-17-3-6-19(30-2)7-4-17)28-27-22(20)13-16-9-11-24-12-10-16;/h3-12,14H,13H2,1-2H3,(H,25,29)(H,26,28);1H. The van der Waals surface area contributed by atoms with E-state index in [1.165, 1.54) is 6.92 Å². The van der Waals surface area contributed by atoms with Gasteiger partial charge in [-0.3, -0.25) is 9.78 Å². The number of benzene rings is 2. The fraction of sp³-hybridized carbons (Fsp3) is 0.130. The molecule has 7 nitrogen and oxygen atoms in total. The van der Waals surface area contributed by atoms with Gasteiger partial charge in [0.1, 0.15) is 5.75 Å². The van der Waals surface area contributed by atoms with Crippen molar-refractivity contribution in [3.63, 3.8) is 0 Å². The van der Waals surface area contributed by atoms with E-state index in [2.05, 4.69) is 25.8 Å². The van der Waals surface area contributed by atoms with Crippen LogP contribution in [0.1, 0.15) is 18.2 Å². The molecule has 2 aromatic carbocycles. The fourth-order valence-electron chi connectivity index (χ4n) is 3.22. The molecule has 0 aliphatic carbocycles. The summed E-state index contributed by atoms with van der Waals surface area (Å²) < 4.78 is 5.21. The van der Waals surface area contributed by atoms with Crippen molar-refractivity contribution < 1.29 is 9.53 Å². The van der Waals surface area contributed by atoms with Gasteiger partial charge in [-0.15, -0.1) is 17.5 Å². The van der Waals surface area contributed by atoms with Crippen molar-refractivity contribution in [2.45, 2.75) is 13.3 Å². The second-order valence-electron chi connectivity index (χ2n) is 6.82. The Balaban J connectivity index is 0.00000272. The summed E-state index contributed by atoms with van der Waals surface area (Å²) in [4.78, 5) is 15.6. The second kappa shape index (κ2) is 9.86. The number of rotatable bonds is 6. The van der Waals surface area contributed by atoms with Gasteiger partial charge < -0.3 is 15.4 Å². The Morgan fingerprint density at radius 1 is 0.935 bits per heavy atom. The summed E-state index contributed by atoms with van der Waals surface area (Å²) in [6.07, 6.45) is 4.16. The molecule has 0 spiro atoms. The van der Waals surface area contributed by atoms with Gasteiger partial charge in [-0.05, 0) is 54.1 Å². The van der Waals surface area contributed by atoms with Gasteiger partial charge in [0.05, 0.1) is 12.8 Å². The van der Waals surface area contributed by atoms with Gasteiger partial charge in [-0.2, -0.15) is 5.10 Å². The van der Waals surface area contributed by atoms with Crippen LogP contribution in [0.4, 0.5) is 17.2 Å². The molecule has 1 amide bonds. The molecule has 0 radical (unpaired) electrons. The number of halogens is 1. The summed E-state index contributed by atoms with van der Waals surface area (Å²) in [7, 11) is 1.63. The molecule has 0 bridgehead atoms. The minimum absolute atomic E-state index is 0. The molecule has 2 heterocycles. The Morgan fingerprint density at radius 3 is 2.32 bits per heavy atom. The lowest BCUT2D eigenvalue weighted by Gasteiger charge is -2.13. The van der Waals surface area contributed by atoms with E-state index in [4.69, 9.17) is 4.74 Å². The average Bonchev–Trinajstić information content (AvgIpc) is 2.76. The number of amides is 1. The van der Waals surface area contributed by atoms with E-state index in [1.54, 1.807) is 19.5 Å². The zero-order chi connectivity index (χ0) is 20.9. The van der Waals surface area contributed by atoms with Crippen LogP contribution in [0, 0.1) is 0 Å².